The number of nitrogens with one attached hydrogen (secondary N) is 2. The molecule has 0 bridgehead atoms. The van der Waals surface area contributed by atoms with Gasteiger partial charge in [-0.3, -0.25) is 4.99 Å². The van der Waals surface area contributed by atoms with E-state index in [0.717, 1.165) is 55.4 Å². The lowest BCUT2D eigenvalue weighted by atomic mass is 10.1. The number of rotatable bonds is 10. The molecule has 1 aromatic carbocycles. The molecule has 0 unspecified atom stereocenters. The van der Waals surface area contributed by atoms with E-state index in [4.69, 9.17) is 14.2 Å². The summed E-state index contributed by atoms with van der Waals surface area (Å²) in [4.78, 5) is 4.29. The van der Waals surface area contributed by atoms with Crippen LogP contribution in [-0.2, 0) is 11.3 Å². The van der Waals surface area contributed by atoms with Crippen molar-refractivity contribution in [3.8, 4) is 11.5 Å². The average molecular weight is 378 g/mol. The molecule has 1 aliphatic carbocycles. The predicted octanol–water partition coefficient (Wildman–Crippen LogP) is 3.50. The summed E-state index contributed by atoms with van der Waals surface area (Å²) in [7, 11) is 3.47. The zero-order valence-electron chi connectivity index (χ0n) is 17.2. The van der Waals surface area contributed by atoms with E-state index in [1.165, 1.54) is 12.8 Å². The van der Waals surface area contributed by atoms with E-state index in [1.807, 2.05) is 26.0 Å². The fourth-order valence-corrected chi connectivity index (χ4v) is 3.17. The number of guanidine groups is 1. The summed E-state index contributed by atoms with van der Waals surface area (Å²) < 4.78 is 17.4. The Morgan fingerprint density at radius 2 is 2.00 bits per heavy atom. The third-order valence-electron chi connectivity index (χ3n) is 4.60. The van der Waals surface area contributed by atoms with Crippen molar-refractivity contribution in [2.24, 2.45) is 4.99 Å². The van der Waals surface area contributed by atoms with E-state index >= 15 is 0 Å². The van der Waals surface area contributed by atoms with Crippen molar-refractivity contribution in [3.05, 3.63) is 23.8 Å². The Morgan fingerprint density at radius 1 is 1.22 bits per heavy atom. The summed E-state index contributed by atoms with van der Waals surface area (Å²) in [5.74, 6) is 2.41. The van der Waals surface area contributed by atoms with Gasteiger partial charge in [0, 0.05) is 32.3 Å². The van der Waals surface area contributed by atoms with E-state index in [1.54, 1.807) is 14.2 Å². The fourth-order valence-electron chi connectivity index (χ4n) is 3.17. The van der Waals surface area contributed by atoms with E-state index in [-0.39, 0.29) is 6.10 Å². The molecule has 0 radical (unpaired) electrons. The van der Waals surface area contributed by atoms with E-state index < -0.39 is 0 Å². The number of methoxy groups -OCH3 is 1. The monoisotopic (exact) mass is 377 g/mol. The zero-order chi connectivity index (χ0) is 19.5. The average Bonchev–Trinajstić information content (AvgIpc) is 3.17. The van der Waals surface area contributed by atoms with E-state index in [0.29, 0.717) is 12.6 Å². The molecule has 0 amide bonds. The van der Waals surface area contributed by atoms with Crippen molar-refractivity contribution in [1.29, 1.82) is 0 Å². The highest BCUT2D eigenvalue weighted by Crippen LogP contribution is 2.34. The summed E-state index contributed by atoms with van der Waals surface area (Å²) >= 11 is 0. The maximum Gasteiger partial charge on any atom is 0.191 e. The van der Waals surface area contributed by atoms with Gasteiger partial charge in [0.2, 0.25) is 0 Å². The highest BCUT2D eigenvalue weighted by molar-refractivity contribution is 5.79. The Morgan fingerprint density at radius 3 is 2.67 bits per heavy atom. The van der Waals surface area contributed by atoms with Crippen LogP contribution in [0.1, 0.15) is 51.5 Å². The summed E-state index contributed by atoms with van der Waals surface area (Å²) in [6.07, 6.45) is 6.22. The molecule has 0 aliphatic heterocycles. The van der Waals surface area contributed by atoms with Crippen LogP contribution in [0.15, 0.2) is 23.2 Å². The third-order valence-corrected chi connectivity index (χ3v) is 4.60. The quantitative estimate of drug-likeness (QED) is 0.371. The Bertz CT molecular complexity index is 584. The van der Waals surface area contributed by atoms with Gasteiger partial charge in [-0.25, -0.2) is 0 Å². The number of hydrogen-bond donors (Lipinski definition) is 2. The van der Waals surface area contributed by atoms with Gasteiger partial charge in [0.15, 0.2) is 17.5 Å². The Hall–Kier alpha value is -1.95. The first kappa shape index (κ1) is 21.4. The first-order valence-corrected chi connectivity index (χ1v) is 10.0. The lowest BCUT2D eigenvalue weighted by molar-refractivity contribution is 0.0776. The largest absolute Gasteiger partial charge is 0.493 e. The van der Waals surface area contributed by atoms with Crippen molar-refractivity contribution < 1.29 is 14.2 Å². The number of nitrogens with zero attached hydrogens (tertiary/aromatic N) is 1. The topological polar surface area (TPSA) is 64.1 Å². The maximum atomic E-state index is 6.29. The number of benzene rings is 1. The van der Waals surface area contributed by atoms with Crippen LogP contribution in [-0.4, -0.2) is 45.5 Å². The molecule has 1 aliphatic rings. The lowest BCUT2D eigenvalue weighted by Gasteiger charge is -2.20. The first-order chi connectivity index (χ1) is 13.1. The van der Waals surface area contributed by atoms with Crippen LogP contribution < -0.4 is 20.1 Å². The molecule has 0 aromatic heterocycles. The molecule has 1 fully saturated rings. The Kier molecular flexibility index (Phi) is 9.25. The summed E-state index contributed by atoms with van der Waals surface area (Å²) in [6, 6.07) is 6.02. The van der Waals surface area contributed by atoms with E-state index in [2.05, 4.69) is 21.7 Å². The van der Waals surface area contributed by atoms with Gasteiger partial charge in [0.05, 0.1) is 19.3 Å². The van der Waals surface area contributed by atoms with E-state index in [9.17, 15) is 0 Å². The summed E-state index contributed by atoms with van der Waals surface area (Å²) in [5, 5.41) is 6.69. The molecule has 0 atom stereocenters. The van der Waals surface area contributed by atoms with Crippen LogP contribution in [0, 0.1) is 0 Å². The lowest BCUT2D eigenvalue weighted by Crippen LogP contribution is -2.37. The molecule has 6 nitrogen and oxygen atoms in total. The highest BCUT2D eigenvalue weighted by atomic mass is 16.5. The Labute approximate surface area is 163 Å². The maximum absolute atomic E-state index is 6.29. The van der Waals surface area contributed by atoms with Crippen LogP contribution in [0.5, 0.6) is 11.5 Å². The van der Waals surface area contributed by atoms with Gasteiger partial charge in [0.25, 0.3) is 0 Å². The smallest absolute Gasteiger partial charge is 0.191 e. The minimum Gasteiger partial charge on any atom is -0.493 e. The van der Waals surface area contributed by atoms with Gasteiger partial charge in [-0.15, -0.1) is 0 Å². The number of ether oxygens (including phenoxy) is 3. The van der Waals surface area contributed by atoms with Crippen LogP contribution in [0.25, 0.3) is 0 Å². The van der Waals surface area contributed by atoms with Crippen LogP contribution in [0.2, 0.25) is 0 Å². The molecule has 1 saturated carbocycles. The second kappa shape index (κ2) is 11.7. The van der Waals surface area contributed by atoms with Gasteiger partial charge in [0.1, 0.15) is 0 Å². The molecule has 6 heteroatoms. The van der Waals surface area contributed by atoms with Crippen LogP contribution in [0.3, 0.4) is 0 Å². The standard InChI is InChI=1S/C21H35N3O3/c1-16(2)26-14-8-13-23-21(22-3)24-15-17-9-7-12-19(25-4)20(17)27-18-10-5-6-11-18/h7,9,12,16,18H,5-6,8,10-11,13-15H2,1-4H3,(H2,22,23,24). The minimum atomic E-state index is 0.272. The summed E-state index contributed by atoms with van der Waals surface area (Å²) in [5.41, 5.74) is 1.08. The van der Waals surface area contributed by atoms with Gasteiger partial charge in [-0.05, 0) is 52.0 Å². The molecule has 2 N–H and O–H groups in total. The van der Waals surface area contributed by atoms with Crippen molar-refractivity contribution in [2.75, 3.05) is 27.3 Å². The zero-order valence-corrected chi connectivity index (χ0v) is 17.2. The van der Waals surface area contributed by atoms with Gasteiger partial charge in [-0.2, -0.15) is 0 Å². The fraction of sp³-hybridized carbons (Fsp3) is 0.667. The third kappa shape index (κ3) is 7.29. The second-order valence-corrected chi connectivity index (χ2v) is 7.10. The van der Waals surface area contributed by atoms with Crippen molar-refractivity contribution in [1.82, 2.24) is 10.6 Å². The number of hydrogen-bond acceptors (Lipinski definition) is 4. The number of para-hydroxylation sites is 1. The minimum absolute atomic E-state index is 0.272. The first-order valence-electron chi connectivity index (χ1n) is 10.0. The second-order valence-electron chi connectivity index (χ2n) is 7.10. The normalized spacial score (nSPS) is 15.2. The molecule has 2 rings (SSSR count). The van der Waals surface area contributed by atoms with Gasteiger partial charge >= 0.3 is 0 Å². The molecule has 27 heavy (non-hydrogen) atoms. The SMILES string of the molecule is CN=C(NCCCOC(C)C)NCc1cccc(OC)c1OC1CCCC1. The summed E-state index contributed by atoms with van der Waals surface area (Å²) in [6.45, 7) is 6.29. The van der Waals surface area contributed by atoms with Crippen molar-refractivity contribution >= 4 is 5.96 Å². The highest BCUT2D eigenvalue weighted by Gasteiger charge is 2.20. The van der Waals surface area contributed by atoms with Crippen LogP contribution >= 0.6 is 0 Å². The molecule has 0 spiro atoms. The van der Waals surface area contributed by atoms with Crippen molar-refractivity contribution in [3.63, 3.8) is 0 Å². The van der Waals surface area contributed by atoms with Crippen molar-refractivity contribution in [2.45, 2.75) is 64.7 Å². The molecule has 1 aromatic rings. The predicted molar refractivity (Wildman–Crippen MR) is 110 cm³/mol. The molecular formula is C21H35N3O3. The Balaban J connectivity index is 1.89. The van der Waals surface area contributed by atoms with Gasteiger partial charge < -0.3 is 24.8 Å². The van der Waals surface area contributed by atoms with Crippen LogP contribution in [0.4, 0.5) is 0 Å². The molecule has 152 valence electrons. The van der Waals surface area contributed by atoms with Gasteiger partial charge in [-0.1, -0.05) is 12.1 Å². The molecule has 0 saturated heterocycles. The number of aliphatic imine (C=N–C) groups is 1. The molecule has 0 heterocycles. The molecular weight excluding hydrogens is 342 g/mol.